The highest BCUT2D eigenvalue weighted by Crippen LogP contribution is 2.17. The summed E-state index contributed by atoms with van der Waals surface area (Å²) in [6.45, 7) is 2.09. The molecule has 0 fully saturated rings. The highest BCUT2D eigenvalue weighted by molar-refractivity contribution is 5.84. The average Bonchev–Trinajstić information content (AvgIpc) is 2.89. The molecule has 0 radical (unpaired) electrons. The molecule has 1 aromatic carbocycles. The third-order valence-corrected chi connectivity index (χ3v) is 2.86. The number of carboxylic acids is 1. The Morgan fingerprint density at radius 3 is 2.65 bits per heavy atom. The van der Waals surface area contributed by atoms with E-state index in [1.165, 1.54) is 12.1 Å². The Hall–Kier alpha value is -2.21. The zero-order chi connectivity index (χ0) is 14.7. The third-order valence-electron chi connectivity index (χ3n) is 2.86. The number of furan rings is 1. The lowest BCUT2D eigenvalue weighted by Crippen LogP contribution is -2.17. The van der Waals surface area contributed by atoms with E-state index in [4.69, 9.17) is 9.52 Å². The summed E-state index contributed by atoms with van der Waals surface area (Å²) >= 11 is 0. The van der Waals surface area contributed by atoms with Gasteiger partial charge < -0.3 is 14.8 Å². The van der Waals surface area contributed by atoms with Crippen LogP contribution in [0.5, 0.6) is 0 Å². The molecule has 0 saturated carbocycles. The van der Waals surface area contributed by atoms with Crippen molar-refractivity contribution in [3.05, 3.63) is 59.1 Å². The second kappa shape index (κ2) is 5.83. The topological polar surface area (TPSA) is 62.5 Å². The first-order valence-corrected chi connectivity index (χ1v) is 5.97. The molecular weight excluding hydrogens is 268 g/mol. The van der Waals surface area contributed by atoms with Crippen LogP contribution in [0.25, 0.3) is 0 Å². The summed E-state index contributed by atoms with van der Waals surface area (Å²) in [5.41, 5.74) is 0.584. The van der Waals surface area contributed by atoms with E-state index >= 15 is 0 Å². The zero-order valence-corrected chi connectivity index (χ0v) is 10.7. The number of rotatable bonds is 5. The molecule has 0 spiro atoms. The van der Waals surface area contributed by atoms with Crippen molar-refractivity contribution in [2.45, 2.75) is 19.5 Å². The van der Waals surface area contributed by atoms with Crippen molar-refractivity contribution >= 4 is 5.97 Å². The van der Waals surface area contributed by atoms with Crippen LogP contribution in [0.1, 0.15) is 34.8 Å². The molecule has 106 valence electrons. The van der Waals surface area contributed by atoms with Gasteiger partial charge in [-0.05, 0) is 36.8 Å². The fourth-order valence-electron chi connectivity index (χ4n) is 1.72. The Labute approximate surface area is 114 Å². The molecule has 1 atom stereocenters. The van der Waals surface area contributed by atoms with Crippen LogP contribution in [-0.4, -0.2) is 11.1 Å². The number of carbonyl (C=O) groups is 1. The Bertz CT molecular complexity index is 625. The van der Waals surface area contributed by atoms with Crippen molar-refractivity contribution in [2.75, 3.05) is 0 Å². The summed E-state index contributed by atoms with van der Waals surface area (Å²) in [4.78, 5) is 10.7. The number of hydrogen-bond donors (Lipinski definition) is 2. The van der Waals surface area contributed by atoms with E-state index in [0.717, 1.165) is 12.1 Å². The molecule has 0 aliphatic heterocycles. The zero-order valence-electron chi connectivity index (χ0n) is 10.7. The van der Waals surface area contributed by atoms with Crippen LogP contribution in [0.4, 0.5) is 8.78 Å². The van der Waals surface area contributed by atoms with E-state index in [2.05, 4.69) is 5.32 Å². The molecule has 2 aromatic rings. The highest BCUT2D eigenvalue weighted by atomic mass is 19.2. The first-order chi connectivity index (χ1) is 9.47. The number of halogens is 2. The highest BCUT2D eigenvalue weighted by Gasteiger charge is 2.14. The van der Waals surface area contributed by atoms with Gasteiger partial charge in [-0.15, -0.1) is 0 Å². The number of aromatic carboxylic acids is 1. The molecule has 0 amide bonds. The third kappa shape index (κ3) is 3.21. The summed E-state index contributed by atoms with van der Waals surface area (Å²) in [5, 5.41) is 11.8. The molecule has 0 bridgehead atoms. The fraction of sp³-hybridized carbons (Fsp3) is 0.214. The van der Waals surface area contributed by atoms with Gasteiger partial charge in [-0.3, -0.25) is 0 Å². The minimum atomic E-state index is -1.14. The van der Waals surface area contributed by atoms with Crippen molar-refractivity contribution in [3.8, 4) is 0 Å². The van der Waals surface area contributed by atoms with Gasteiger partial charge in [0.15, 0.2) is 11.6 Å². The Morgan fingerprint density at radius 2 is 2.05 bits per heavy atom. The van der Waals surface area contributed by atoms with Crippen LogP contribution >= 0.6 is 0 Å². The molecule has 0 saturated heterocycles. The quantitative estimate of drug-likeness (QED) is 0.884. The lowest BCUT2D eigenvalue weighted by Gasteiger charge is -2.11. The number of benzene rings is 1. The SMILES string of the molecule is CC(NCc1ccc(F)c(F)c1)c1ccc(C(=O)O)o1. The molecule has 6 heteroatoms. The van der Waals surface area contributed by atoms with Gasteiger partial charge in [0, 0.05) is 6.54 Å². The van der Waals surface area contributed by atoms with Gasteiger partial charge in [0.1, 0.15) is 5.76 Å². The summed E-state index contributed by atoms with van der Waals surface area (Å²) in [6, 6.07) is 6.32. The van der Waals surface area contributed by atoms with Crippen LogP contribution in [-0.2, 0) is 6.54 Å². The van der Waals surface area contributed by atoms with Crippen molar-refractivity contribution in [1.82, 2.24) is 5.32 Å². The Kier molecular flexibility index (Phi) is 4.14. The predicted molar refractivity (Wildman–Crippen MR) is 67.3 cm³/mol. The van der Waals surface area contributed by atoms with Crippen LogP contribution in [0, 0.1) is 11.6 Å². The maximum absolute atomic E-state index is 13.0. The summed E-state index contributed by atoms with van der Waals surface area (Å²) in [7, 11) is 0. The average molecular weight is 281 g/mol. The summed E-state index contributed by atoms with van der Waals surface area (Å²) in [5.74, 6) is -2.60. The molecule has 4 nitrogen and oxygen atoms in total. The van der Waals surface area contributed by atoms with E-state index in [-0.39, 0.29) is 11.8 Å². The van der Waals surface area contributed by atoms with Gasteiger partial charge in [-0.25, -0.2) is 13.6 Å². The van der Waals surface area contributed by atoms with E-state index in [1.54, 1.807) is 13.0 Å². The predicted octanol–water partition coefficient (Wildman–Crippen LogP) is 3.11. The Balaban J connectivity index is 1.98. The molecule has 20 heavy (non-hydrogen) atoms. The van der Waals surface area contributed by atoms with Crippen molar-refractivity contribution in [3.63, 3.8) is 0 Å². The first-order valence-electron chi connectivity index (χ1n) is 5.97. The number of nitrogens with one attached hydrogen (secondary N) is 1. The van der Waals surface area contributed by atoms with Crippen LogP contribution in [0.15, 0.2) is 34.7 Å². The lowest BCUT2D eigenvalue weighted by molar-refractivity contribution is 0.0659. The van der Waals surface area contributed by atoms with Crippen LogP contribution < -0.4 is 5.32 Å². The molecule has 2 N–H and O–H groups in total. The van der Waals surface area contributed by atoms with Gasteiger partial charge in [0.05, 0.1) is 6.04 Å². The van der Waals surface area contributed by atoms with Crippen molar-refractivity contribution in [1.29, 1.82) is 0 Å². The van der Waals surface area contributed by atoms with E-state index < -0.39 is 17.6 Å². The normalized spacial score (nSPS) is 12.3. The maximum atomic E-state index is 13.0. The minimum Gasteiger partial charge on any atom is -0.475 e. The minimum absolute atomic E-state index is 0.138. The van der Waals surface area contributed by atoms with E-state index in [0.29, 0.717) is 17.9 Å². The molecule has 0 aliphatic rings. The molecule has 1 aromatic heterocycles. The lowest BCUT2D eigenvalue weighted by atomic mass is 10.2. The van der Waals surface area contributed by atoms with Crippen LogP contribution in [0.2, 0.25) is 0 Å². The molecule has 0 aliphatic carbocycles. The largest absolute Gasteiger partial charge is 0.475 e. The van der Waals surface area contributed by atoms with Crippen molar-refractivity contribution < 1.29 is 23.1 Å². The summed E-state index contributed by atoms with van der Waals surface area (Å²) in [6.07, 6.45) is 0. The smallest absolute Gasteiger partial charge is 0.371 e. The monoisotopic (exact) mass is 281 g/mol. The Morgan fingerprint density at radius 1 is 1.30 bits per heavy atom. The van der Waals surface area contributed by atoms with E-state index in [1.807, 2.05) is 0 Å². The molecule has 1 heterocycles. The van der Waals surface area contributed by atoms with E-state index in [9.17, 15) is 13.6 Å². The number of carboxylic acid groups (broad SMARTS) is 1. The standard InChI is InChI=1S/C14H13F2NO3/c1-8(12-4-5-13(20-12)14(18)19)17-7-9-2-3-10(15)11(16)6-9/h2-6,8,17H,7H2,1H3,(H,18,19). The maximum Gasteiger partial charge on any atom is 0.371 e. The second-order valence-corrected chi connectivity index (χ2v) is 4.36. The van der Waals surface area contributed by atoms with Gasteiger partial charge in [-0.2, -0.15) is 0 Å². The summed E-state index contributed by atoms with van der Waals surface area (Å²) < 4.78 is 30.9. The van der Waals surface area contributed by atoms with Gasteiger partial charge in [0.2, 0.25) is 5.76 Å². The first kappa shape index (κ1) is 14.2. The molecular formula is C14H13F2NO3. The molecule has 1 unspecified atom stereocenters. The van der Waals surface area contributed by atoms with Gasteiger partial charge in [-0.1, -0.05) is 6.07 Å². The number of hydrogen-bond acceptors (Lipinski definition) is 3. The van der Waals surface area contributed by atoms with Gasteiger partial charge in [0.25, 0.3) is 0 Å². The van der Waals surface area contributed by atoms with Crippen LogP contribution in [0.3, 0.4) is 0 Å². The second-order valence-electron chi connectivity index (χ2n) is 4.36. The molecule has 2 rings (SSSR count). The fourth-order valence-corrected chi connectivity index (χ4v) is 1.72. The van der Waals surface area contributed by atoms with Gasteiger partial charge >= 0.3 is 5.97 Å². The van der Waals surface area contributed by atoms with Crippen molar-refractivity contribution in [2.24, 2.45) is 0 Å².